The molecular formula is C41H66N2O9. The zero-order valence-electron chi connectivity index (χ0n) is 32.7. The number of nitrogens with zero attached hydrogens (tertiary/aromatic N) is 2. The first kappa shape index (κ1) is 42.0. The lowest BCUT2D eigenvalue weighted by atomic mass is 9.88. The third-order valence-corrected chi connectivity index (χ3v) is 11.5. The fourth-order valence-electron chi connectivity index (χ4n) is 7.97. The zero-order valence-corrected chi connectivity index (χ0v) is 32.7. The van der Waals surface area contributed by atoms with E-state index in [-0.39, 0.29) is 55.3 Å². The maximum atomic E-state index is 13.5. The molecule has 3 fully saturated rings. The highest BCUT2D eigenvalue weighted by Crippen LogP contribution is 2.36. The minimum atomic E-state index is -1.47. The van der Waals surface area contributed by atoms with Gasteiger partial charge in [0.1, 0.15) is 23.9 Å². The summed E-state index contributed by atoms with van der Waals surface area (Å²) < 4.78 is 23.5. The summed E-state index contributed by atoms with van der Waals surface area (Å²) in [6.07, 6.45) is 13.7. The monoisotopic (exact) mass is 730 g/mol. The number of hydrogen-bond donors (Lipinski definition) is 2. The summed E-state index contributed by atoms with van der Waals surface area (Å²) in [6, 6.07) is 0.476. The number of carbonyl (C=O) groups is 3. The maximum Gasteiger partial charge on any atom is 0.410 e. The Morgan fingerprint density at radius 1 is 1.06 bits per heavy atom. The second kappa shape index (κ2) is 19.6. The largest absolute Gasteiger partial charge is 0.457 e. The minimum absolute atomic E-state index is 0.0858. The molecule has 294 valence electrons. The van der Waals surface area contributed by atoms with Crippen molar-refractivity contribution < 1.29 is 43.5 Å². The molecular weight excluding hydrogens is 664 g/mol. The standard InChI is InChI=1S/C41H66N2O9/c1-8-34(45)30(5)39-35(51-39)25-27(2)13-12-14-28(3)38-29(4)15-16-36(49-31(6)44)41(7,48)20-17-33(26-37(46)52-38)50-40(47)43-23-18-32(19-24-43)42-21-10-9-11-22-42/h12-16,27,29-30,32-36,38-39,45,48H,8-11,17-26H2,1-7H3. The summed E-state index contributed by atoms with van der Waals surface area (Å²) in [7, 11) is 0. The molecule has 10 atom stereocenters. The van der Waals surface area contributed by atoms with Crippen molar-refractivity contribution >= 4 is 18.0 Å². The van der Waals surface area contributed by atoms with Gasteiger partial charge in [-0.25, -0.2) is 4.79 Å². The number of aliphatic hydroxyl groups is 2. The van der Waals surface area contributed by atoms with Crippen LogP contribution in [0.2, 0.25) is 0 Å². The molecule has 4 heterocycles. The van der Waals surface area contributed by atoms with Crippen LogP contribution >= 0.6 is 0 Å². The van der Waals surface area contributed by atoms with Crippen molar-refractivity contribution in [2.24, 2.45) is 17.8 Å². The molecule has 2 N–H and O–H groups in total. The van der Waals surface area contributed by atoms with E-state index in [9.17, 15) is 24.6 Å². The van der Waals surface area contributed by atoms with Gasteiger partial charge < -0.3 is 39.0 Å². The van der Waals surface area contributed by atoms with Crippen LogP contribution in [-0.4, -0.2) is 112 Å². The normalized spacial score (nSPS) is 33.4. The van der Waals surface area contributed by atoms with Crippen molar-refractivity contribution in [2.45, 2.75) is 161 Å². The second-order valence-electron chi connectivity index (χ2n) is 16.1. The molecule has 11 nitrogen and oxygen atoms in total. The molecule has 0 saturated carbocycles. The summed E-state index contributed by atoms with van der Waals surface area (Å²) in [5, 5.41) is 21.7. The number of amides is 1. The van der Waals surface area contributed by atoms with Gasteiger partial charge in [-0.1, -0.05) is 58.4 Å². The third kappa shape index (κ3) is 12.4. The number of aliphatic hydroxyl groups excluding tert-OH is 1. The molecule has 4 aliphatic rings. The van der Waals surface area contributed by atoms with Crippen molar-refractivity contribution in [3.63, 3.8) is 0 Å². The summed E-state index contributed by atoms with van der Waals surface area (Å²) in [4.78, 5) is 43.3. The van der Waals surface area contributed by atoms with Crippen LogP contribution in [0.4, 0.5) is 4.79 Å². The smallest absolute Gasteiger partial charge is 0.410 e. The Morgan fingerprint density at radius 3 is 2.40 bits per heavy atom. The van der Waals surface area contributed by atoms with Gasteiger partial charge >= 0.3 is 18.0 Å². The first-order valence-corrected chi connectivity index (χ1v) is 19.8. The predicted molar refractivity (Wildman–Crippen MR) is 199 cm³/mol. The number of epoxide rings is 1. The van der Waals surface area contributed by atoms with E-state index in [4.69, 9.17) is 18.9 Å². The van der Waals surface area contributed by atoms with Crippen LogP contribution in [-0.2, 0) is 28.5 Å². The number of ether oxygens (including phenoxy) is 4. The Labute approximate surface area is 311 Å². The number of likely N-dealkylation sites (tertiary alicyclic amines) is 2. The second-order valence-corrected chi connectivity index (χ2v) is 16.1. The molecule has 0 spiro atoms. The van der Waals surface area contributed by atoms with Crippen molar-refractivity contribution in [2.75, 3.05) is 26.2 Å². The molecule has 3 saturated heterocycles. The molecule has 11 heteroatoms. The van der Waals surface area contributed by atoms with E-state index >= 15 is 0 Å². The van der Waals surface area contributed by atoms with Gasteiger partial charge in [-0.3, -0.25) is 9.59 Å². The highest BCUT2D eigenvalue weighted by Gasteiger charge is 2.45. The van der Waals surface area contributed by atoms with Crippen LogP contribution in [0.1, 0.15) is 113 Å². The van der Waals surface area contributed by atoms with Crippen LogP contribution in [0.5, 0.6) is 0 Å². The SMILES string of the molecule is CCC(O)C(C)C1OC1CC(C)C=CC=C(C)C1OC(=O)CC(OC(=O)N2CCC(N3CCCCC3)CC2)CCC(C)(O)C(OC(C)=O)C=CC1C. The summed E-state index contributed by atoms with van der Waals surface area (Å²) in [6.45, 7) is 16.3. The number of rotatable bonds is 11. The Kier molecular flexibility index (Phi) is 15.8. The van der Waals surface area contributed by atoms with Crippen molar-refractivity contribution in [3.05, 3.63) is 36.0 Å². The van der Waals surface area contributed by atoms with Crippen LogP contribution in [0, 0.1) is 17.8 Å². The molecule has 10 unspecified atom stereocenters. The third-order valence-electron chi connectivity index (χ3n) is 11.5. The fourth-order valence-corrected chi connectivity index (χ4v) is 7.97. The molecule has 0 bridgehead atoms. The molecule has 0 radical (unpaired) electrons. The Balaban J connectivity index is 1.43. The topological polar surface area (TPSA) is 138 Å². The van der Waals surface area contributed by atoms with Crippen molar-refractivity contribution in [1.29, 1.82) is 0 Å². The number of piperidine rings is 2. The number of allylic oxidation sites excluding steroid dienone is 3. The number of cyclic esters (lactones) is 1. The molecule has 0 aliphatic carbocycles. The number of esters is 2. The van der Waals surface area contributed by atoms with Crippen LogP contribution in [0.15, 0.2) is 36.0 Å². The quantitative estimate of drug-likeness (QED) is 0.0842. The highest BCUT2D eigenvalue weighted by atomic mass is 16.6. The number of carbonyl (C=O) groups excluding carboxylic acids is 3. The number of hydrogen-bond acceptors (Lipinski definition) is 10. The van der Waals surface area contributed by atoms with Gasteiger partial charge in [0.15, 0.2) is 0 Å². The Hall–Kier alpha value is -2.73. The molecule has 52 heavy (non-hydrogen) atoms. The first-order chi connectivity index (χ1) is 24.7. The summed E-state index contributed by atoms with van der Waals surface area (Å²) in [5.74, 6) is -1.00. The molecule has 0 aromatic heterocycles. The average molecular weight is 731 g/mol. The van der Waals surface area contributed by atoms with Crippen molar-refractivity contribution in [3.8, 4) is 0 Å². The first-order valence-electron chi connectivity index (χ1n) is 19.8. The zero-order chi connectivity index (χ0) is 38.0. The van der Waals surface area contributed by atoms with Gasteiger partial charge in [0, 0.05) is 37.9 Å². The summed E-state index contributed by atoms with van der Waals surface area (Å²) >= 11 is 0. The van der Waals surface area contributed by atoms with Gasteiger partial charge in [0.2, 0.25) is 0 Å². The van der Waals surface area contributed by atoms with Crippen molar-refractivity contribution in [1.82, 2.24) is 9.80 Å². The molecule has 0 aromatic carbocycles. The highest BCUT2D eigenvalue weighted by molar-refractivity contribution is 5.72. The van der Waals surface area contributed by atoms with Gasteiger partial charge in [-0.15, -0.1) is 0 Å². The Morgan fingerprint density at radius 2 is 1.75 bits per heavy atom. The van der Waals surface area contributed by atoms with E-state index in [0.717, 1.165) is 37.9 Å². The maximum absolute atomic E-state index is 13.5. The van der Waals surface area contributed by atoms with E-state index in [1.807, 2.05) is 45.9 Å². The molecule has 0 aromatic rings. The molecule has 4 aliphatic heterocycles. The van der Waals surface area contributed by atoms with E-state index in [1.165, 1.54) is 26.2 Å². The minimum Gasteiger partial charge on any atom is -0.457 e. The van der Waals surface area contributed by atoms with Crippen LogP contribution in [0.3, 0.4) is 0 Å². The van der Waals surface area contributed by atoms with Gasteiger partial charge in [0.05, 0.1) is 24.7 Å². The lowest BCUT2D eigenvalue weighted by molar-refractivity contribution is -0.157. The van der Waals surface area contributed by atoms with Gasteiger partial charge in [0.25, 0.3) is 0 Å². The summed E-state index contributed by atoms with van der Waals surface area (Å²) in [5.41, 5.74) is -0.662. The lowest BCUT2D eigenvalue weighted by Crippen LogP contribution is -2.49. The Bertz CT molecular complexity index is 1270. The fraction of sp³-hybridized carbons (Fsp3) is 0.780. The van der Waals surface area contributed by atoms with E-state index in [2.05, 4.69) is 17.9 Å². The van der Waals surface area contributed by atoms with E-state index < -0.39 is 41.9 Å². The van der Waals surface area contributed by atoms with Gasteiger partial charge in [-0.2, -0.15) is 0 Å². The molecule has 4 rings (SSSR count). The lowest BCUT2D eigenvalue weighted by Gasteiger charge is -2.40. The van der Waals surface area contributed by atoms with E-state index in [1.54, 1.807) is 17.9 Å². The molecule has 1 amide bonds. The predicted octanol–water partition coefficient (Wildman–Crippen LogP) is 6.12. The van der Waals surface area contributed by atoms with Crippen LogP contribution in [0.25, 0.3) is 0 Å². The van der Waals surface area contributed by atoms with E-state index in [0.29, 0.717) is 25.6 Å². The van der Waals surface area contributed by atoms with Crippen LogP contribution < -0.4 is 0 Å². The average Bonchev–Trinajstić information content (AvgIpc) is 3.88. The van der Waals surface area contributed by atoms with Gasteiger partial charge in [-0.05, 0) is 95.9 Å².